The van der Waals surface area contributed by atoms with Crippen LogP contribution in [0.15, 0.2) is 64.7 Å². The van der Waals surface area contributed by atoms with E-state index in [4.69, 9.17) is 4.84 Å². The van der Waals surface area contributed by atoms with E-state index in [1.54, 1.807) is 5.17 Å². The maximum Gasteiger partial charge on any atom is 0.182 e. The van der Waals surface area contributed by atoms with Crippen LogP contribution in [0.1, 0.15) is 24.1 Å². The predicted molar refractivity (Wildman–Crippen MR) is 77.7 cm³/mol. The highest BCUT2D eigenvalue weighted by atomic mass is 16.7. The van der Waals surface area contributed by atoms with Gasteiger partial charge in [0.05, 0.1) is 5.71 Å². The first kappa shape index (κ1) is 11.2. The molecule has 0 spiro atoms. The molecule has 0 amide bonds. The van der Waals surface area contributed by atoms with Gasteiger partial charge in [-0.2, -0.15) is 0 Å². The van der Waals surface area contributed by atoms with Crippen molar-refractivity contribution in [2.75, 3.05) is 0 Å². The Morgan fingerprint density at radius 1 is 1.00 bits per heavy atom. The normalized spacial score (nSPS) is 19.6. The van der Waals surface area contributed by atoms with Gasteiger partial charge >= 0.3 is 0 Å². The lowest BCUT2D eigenvalue weighted by Gasteiger charge is -2.24. The van der Waals surface area contributed by atoms with Crippen molar-refractivity contribution in [3.8, 4) is 5.75 Å². The van der Waals surface area contributed by atoms with E-state index in [0.717, 1.165) is 22.6 Å². The third-order valence-electron chi connectivity index (χ3n) is 3.53. The van der Waals surface area contributed by atoms with Crippen molar-refractivity contribution in [3.05, 3.63) is 65.7 Å². The molecule has 0 bridgehead atoms. The summed E-state index contributed by atoms with van der Waals surface area (Å²) in [5, 5.41) is 6.17. The van der Waals surface area contributed by atoms with E-state index >= 15 is 0 Å². The van der Waals surface area contributed by atoms with Gasteiger partial charge in [0, 0.05) is 11.1 Å². The van der Waals surface area contributed by atoms with Gasteiger partial charge in [-0.1, -0.05) is 48.5 Å². The molecule has 2 aliphatic heterocycles. The molecule has 0 saturated heterocycles. The molecule has 1 atom stereocenters. The smallest absolute Gasteiger partial charge is 0.182 e. The third-order valence-corrected chi connectivity index (χ3v) is 3.53. The molecule has 2 aromatic rings. The Morgan fingerprint density at radius 2 is 1.75 bits per heavy atom. The second-order valence-electron chi connectivity index (χ2n) is 4.88. The lowest BCUT2D eigenvalue weighted by Crippen LogP contribution is -2.31. The molecule has 2 aromatic carbocycles. The number of amidine groups is 1. The van der Waals surface area contributed by atoms with E-state index in [2.05, 4.69) is 16.2 Å². The van der Waals surface area contributed by atoms with E-state index in [-0.39, 0.29) is 6.04 Å². The maximum absolute atomic E-state index is 5.80. The minimum Gasteiger partial charge on any atom is -0.361 e. The van der Waals surface area contributed by atoms with E-state index in [0.29, 0.717) is 5.84 Å². The Balaban J connectivity index is 1.78. The second kappa shape index (κ2) is 4.20. The van der Waals surface area contributed by atoms with E-state index < -0.39 is 0 Å². The van der Waals surface area contributed by atoms with Gasteiger partial charge in [0.25, 0.3) is 0 Å². The topological polar surface area (TPSA) is 37.2 Å². The molecule has 0 aliphatic carbocycles. The summed E-state index contributed by atoms with van der Waals surface area (Å²) >= 11 is 0. The van der Waals surface area contributed by atoms with Crippen molar-refractivity contribution in [3.63, 3.8) is 0 Å². The average molecular weight is 263 g/mol. The van der Waals surface area contributed by atoms with Crippen LogP contribution in [0.25, 0.3) is 0 Å². The van der Waals surface area contributed by atoms with Gasteiger partial charge in [0.2, 0.25) is 0 Å². The molecule has 4 rings (SSSR count). The van der Waals surface area contributed by atoms with Crippen LogP contribution in [0.3, 0.4) is 0 Å². The standard InChI is InChI=1S/C16H13N3O/c1-11-15-13-9-5-6-10-14(13)20-19(15)18-16(17-11)12-7-3-2-4-8-12/h2-10,15H,1H3. The molecular weight excluding hydrogens is 250 g/mol. The molecule has 0 radical (unpaired) electrons. The highest BCUT2D eigenvalue weighted by Gasteiger charge is 2.36. The molecule has 4 nitrogen and oxygen atoms in total. The third kappa shape index (κ3) is 1.61. The summed E-state index contributed by atoms with van der Waals surface area (Å²) < 4.78 is 0. The Labute approximate surface area is 117 Å². The number of aliphatic imine (C=N–C) groups is 1. The number of hydrazone groups is 1. The van der Waals surface area contributed by atoms with Crippen molar-refractivity contribution < 1.29 is 4.84 Å². The monoisotopic (exact) mass is 263 g/mol. The van der Waals surface area contributed by atoms with Crippen LogP contribution in [-0.4, -0.2) is 16.7 Å². The van der Waals surface area contributed by atoms with Gasteiger partial charge in [0.1, 0.15) is 0 Å². The van der Waals surface area contributed by atoms with Crippen LogP contribution in [-0.2, 0) is 0 Å². The fraction of sp³-hybridized carbons (Fsp3) is 0.125. The highest BCUT2D eigenvalue weighted by Crippen LogP contribution is 2.39. The molecule has 1 unspecified atom stereocenters. The summed E-state index contributed by atoms with van der Waals surface area (Å²) in [5.74, 6) is 1.54. The molecule has 0 aromatic heterocycles. The largest absolute Gasteiger partial charge is 0.361 e. The maximum atomic E-state index is 5.80. The number of hydroxylamine groups is 1. The molecule has 0 N–H and O–H groups in total. The van der Waals surface area contributed by atoms with Gasteiger partial charge < -0.3 is 4.84 Å². The van der Waals surface area contributed by atoms with Gasteiger partial charge in [-0.3, -0.25) is 0 Å². The van der Waals surface area contributed by atoms with E-state index in [9.17, 15) is 0 Å². The summed E-state index contributed by atoms with van der Waals surface area (Å²) in [7, 11) is 0. The van der Waals surface area contributed by atoms with Crippen LogP contribution in [0, 0.1) is 0 Å². The van der Waals surface area contributed by atoms with Gasteiger partial charge in [0.15, 0.2) is 17.6 Å². The van der Waals surface area contributed by atoms with Crippen molar-refractivity contribution >= 4 is 11.5 Å². The summed E-state index contributed by atoms with van der Waals surface area (Å²) in [6, 6.07) is 17.9. The zero-order valence-corrected chi connectivity index (χ0v) is 11.0. The van der Waals surface area contributed by atoms with Crippen LogP contribution < -0.4 is 4.84 Å². The Kier molecular flexibility index (Phi) is 2.36. The number of hydrogen-bond donors (Lipinski definition) is 0. The summed E-state index contributed by atoms with van der Waals surface area (Å²) in [6.45, 7) is 2.01. The Bertz CT molecular complexity index is 722. The highest BCUT2D eigenvalue weighted by molar-refractivity contribution is 6.09. The lowest BCUT2D eigenvalue weighted by atomic mass is 10.0. The van der Waals surface area contributed by atoms with Crippen LogP contribution in [0.2, 0.25) is 0 Å². The number of rotatable bonds is 1. The molecule has 20 heavy (non-hydrogen) atoms. The van der Waals surface area contributed by atoms with Crippen molar-refractivity contribution in [1.82, 2.24) is 5.17 Å². The Morgan fingerprint density at radius 3 is 2.60 bits per heavy atom. The molecule has 2 heterocycles. The molecule has 98 valence electrons. The predicted octanol–water partition coefficient (Wildman–Crippen LogP) is 3.17. The number of nitrogens with zero attached hydrogens (tertiary/aromatic N) is 3. The summed E-state index contributed by atoms with van der Waals surface area (Å²) in [6.07, 6.45) is 0. The summed E-state index contributed by atoms with van der Waals surface area (Å²) in [4.78, 5) is 10.4. The van der Waals surface area contributed by atoms with E-state index in [1.807, 2.05) is 55.5 Å². The fourth-order valence-electron chi connectivity index (χ4n) is 2.58. The van der Waals surface area contributed by atoms with Crippen LogP contribution in [0.5, 0.6) is 5.75 Å². The first-order valence-corrected chi connectivity index (χ1v) is 6.58. The number of para-hydroxylation sites is 1. The van der Waals surface area contributed by atoms with E-state index in [1.165, 1.54) is 0 Å². The first-order chi connectivity index (χ1) is 9.83. The summed E-state index contributed by atoms with van der Waals surface area (Å²) in [5.41, 5.74) is 3.10. The lowest BCUT2D eigenvalue weighted by molar-refractivity contribution is -0.0517. The minimum absolute atomic E-state index is 0.0151. The average Bonchev–Trinajstić information content (AvgIpc) is 2.87. The molecule has 0 saturated carbocycles. The minimum atomic E-state index is -0.0151. The van der Waals surface area contributed by atoms with Crippen molar-refractivity contribution in [2.45, 2.75) is 13.0 Å². The molecule has 0 fully saturated rings. The molecular formula is C16H13N3O. The zero-order chi connectivity index (χ0) is 13.5. The molecule has 2 aliphatic rings. The van der Waals surface area contributed by atoms with Gasteiger partial charge in [-0.15, -0.1) is 10.3 Å². The first-order valence-electron chi connectivity index (χ1n) is 6.58. The number of benzene rings is 2. The zero-order valence-electron chi connectivity index (χ0n) is 11.0. The fourth-order valence-corrected chi connectivity index (χ4v) is 2.58. The number of fused-ring (bicyclic) bond motifs is 3. The quantitative estimate of drug-likeness (QED) is 0.792. The van der Waals surface area contributed by atoms with Crippen LogP contribution >= 0.6 is 0 Å². The van der Waals surface area contributed by atoms with Gasteiger partial charge in [-0.25, -0.2) is 4.99 Å². The van der Waals surface area contributed by atoms with Gasteiger partial charge in [-0.05, 0) is 13.0 Å². The van der Waals surface area contributed by atoms with Crippen LogP contribution in [0.4, 0.5) is 0 Å². The SMILES string of the molecule is CC1=NC(c2ccccc2)=NN2Oc3ccccc3C12. The number of hydrogen-bond acceptors (Lipinski definition) is 4. The van der Waals surface area contributed by atoms with Crippen molar-refractivity contribution in [1.29, 1.82) is 0 Å². The second-order valence-corrected chi connectivity index (χ2v) is 4.88. The van der Waals surface area contributed by atoms with Crippen molar-refractivity contribution in [2.24, 2.45) is 10.1 Å². The Hall–Kier alpha value is -2.62. The molecule has 4 heteroatoms.